The van der Waals surface area contributed by atoms with Gasteiger partial charge in [-0.05, 0) is 116 Å². The summed E-state index contributed by atoms with van der Waals surface area (Å²) in [5.41, 5.74) is 9.65. The van der Waals surface area contributed by atoms with Crippen LogP contribution in [0.2, 0.25) is 0 Å². The summed E-state index contributed by atoms with van der Waals surface area (Å²) in [7, 11) is 0. The topological polar surface area (TPSA) is 486 Å². The van der Waals surface area contributed by atoms with Gasteiger partial charge in [-0.2, -0.15) is 0 Å². The minimum atomic E-state index is -0.258. The van der Waals surface area contributed by atoms with E-state index in [0.717, 1.165) is 0 Å². The third-order valence-corrected chi connectivity index (χ3v) is 24.0. The number of benzene rings is 19. The van der Waals surface area contributed by atoms with Crippen LogP contribution < -0.4 is 0 Å². The summed E-state index contributed by atoms with van der Waals surface area (Å²) < 4.78 is 0. The Morgan fingerprint density at radius 2 is 0.236 bits per heavy atom. The van der Waals surface area contributed by atoms with Crippen molar-refractivity contribution in [2.24, 2.45) is 0 Å². The van der Waals surface area contributed by atoms with Crippen molar-refractivity contribution in [3.05, 3.63) is 455 Å². The van der Waals surface area contributed by atoms with E-state index < -0.39 is 0 Å². The molecule has 19 aromatic carbocycles. The van der Waals surface area contributed by atoms with Crippen molar-refractivity contribution >= 4 is 32.3 Å². The summed E-state index contributed by atoms with van der Waals surface area (Å²) in [4.78, 5) is 0. The highest BCUT2D eigenvalue weighted by Crippen LogP contribution is 2.46. The molecule has 0 fully saturated rings. The molecule has 19 rings (SSSR count). The summed E-state index contributed by atoms with van der Waals surface area (Å²) in [5.74, 6) is -2.12. The zero-order valence-electron chi connectivity index (χ0n) is 79.1. The molecule has 24 heteroatoms. The van der Waals surface area contributed by atoms with Crippen molar-refractivity contribution in [3.8, 4) is 149 Å². The largest absolute Gasteiger partial charge is 0.508 e. The van der Waals surface area contributed by atoms with Crippen LogP contribution in [0.4, 0.5) is 0 Å². The molecule has 736 valence electrons. The average molecular weight is 1940 g/mol. The van der Waals surface area contributed by atoms with E-state index in [9.17, 15) is 123 Å². The van der Waals surface area contributed by atoms with Gasteiger partial charge in [0.2, 0.25) is 0 Å². The Kier molecular flexibility index (Phi) is 36.3. The highest BCUT2D eigenvalue weighted by Gasteiger charge is 2.24. The molecule has 19 aromatic rings. The predicted molar refractivity (Wildman–Crippen MR) is 560 cm³/mol. The van der Waals surface area contributed by atoms with Crippen LogP contribution in [0.15, 0.2) is 388 Å². The molecule has 0 radical (unpaired) electrons. The van der Waals surface area contributed by atoms with E-state index in [-0.39, 0.29) is 173 Å². The van der Waals surface area contributed by atoms with Crippen LogP contribution in [0.1, 0.15) is 144 Å². The van der Waals surface area contributed by atoms with Gasteiger partial charge in [0.1, 0.15) is 138 Å². The lowest BCUT2D eigenvalue weighted by Crippen LogP contribution is -1.97. The van der Waals surface area contributed by atoms with E-state index in [2.05, 4.69) is 158 Å². The van der Waals surface area contributed by atoms with Crippen molar-refractivity contribution in [3.63, 3.8) is 0 Å². The summed E-state index contributed by atoms with van der Waals surface area (Å²) in [6.45, 7) is 10.9. The summed E-state index contributed by atoms with van der Waals surface area (Å²) in [6.07, 6.45) is 0. The molecular weight excluding hydrogens is 1830 g/mol. The molecule has 0 bridgehead atoms. The molecule has 0 aliphatic carbocycles. The zero-order chi connectivity index (χ0) is 104. The average Bonchev–Trinajstić information content (AvgIpc) is 0.778. The first-order valence-electron chi connectivity index (χ1n) is 45.4. The molecule has 144 heavy (non-hydrogen) atoms. The number of rotatable bonds is 13. The summed E-state index contributed by atoms with van der Waals surface area (Å²) in [5, 5.41) is 236. The van der Waals surface area contributed by atoms with Gasteiger partial charge in [0.15, 0.2) is 0 Å². The Bertz CT molecular complexity index is 6260. The fraction of sp³-hybridized carbons (Fsp3) is 0.100. The SMILES string of the molecule is CC(c1ccc(O)cc1O)c1ccc(O)cc1O.CC(c1ccc(O)cc1O)c1ccc(O)cc1O.CC(c1ccc(O)cc1O)c1ccc(O)cc1O.CC(c1ccc(O)cc1O)c1ccc(O)cc1O.CC(c1ccc(O)cc1O)c1ccc(O)cc1O.CC(c1ccc(O)cc1O)c1ccc(O)cc1O.c1ccc(-c2ccccc2)cc1.c1ccc2c(c1)ccc1ccccc12.c1ccc2ccccc2c1. The van der Waals surface area contributed by atoms with Crippen molar-refractivity contribution < 1.29 is 123 Å². The predicted octanol–water partition coefficient (Wildman–Crippen LogP) is 26.2. The molecular formula is C120H112O24. The number of hydrogen-bond donors (Lipinski definition) is 24. The molecule has 0 heterocycles. The van der Waals surface area contributed by atoms with Crippen LogP contribution in [0.25, 0.3) is 43.4 Å². The second-order valence-electron chi connectivity index (χ2n) is 33.8. The third kappa shape index (κ3) is 28.5. The van der Waals surface area contributed by atoms with Gasteiger partial charge in [0.05, 0.1) is 0 Å². The van der Waals surface area contributed by atoms with Gasteiger partial charge in [-0.3, -0.25) is 0 Å². The molecule has 24 N–H and O–H groups in total. The normalized spacial score (nSPS) is 10.6. The van der Waals surface area contributed by atoms with Crippen LogP contribution in [0.3, 0.4) is 0 Å². The van der Waals surface area contributed by atoms with E-state index in [4.69, 9.17) is 0 Å². The minimum Gasteiger partial charge on any atom is -0.508 e. The first-order valence-corrected chi connectivity index (χ1v) is 45.4. The molecule has 0 spiro atoms. The fourth-order valence-corrected chi connectivity index (χ4v) is 16.1. The van der Waals surface area contributed by atoms with Crippen molar-refractivity contribution in [1.29, 1.82) is 0 Å². The van der Waals surface area contributed by atoms with Crippen molar-refractivity contribution in [2.75, 3.05) is 0 Å². The van der Waals surface area contributed by atoms with E-state index in [1.54, 1.807) is 72.8 Å². The fourth-order valence-electron chi connectivity index (χ4n) is 16.1. The molecule has 0 aliphatic heterocycles. The number of hydrogen-bond acceptors (Lipinski definition) is 24. The molecule has 0 aliphatic rings. The number of aromatic hydroxyl groups is 24. The van der Waals surface area contributed by atoms with Crippen LogP contribution in [0, 0.1) is 0 Å². The first-order chi connectivity index (χ1) is 68.8. The van der Waals surface area contributed by atoms with Gasteiger partial charge in [0, 0.05) is 175 Å². The number of phenols is 24. The summed E-state index contributed by atoms with van der Waals surface area (Å²) in [6, 6.07) is 111. The van der Waals surface area contributed by atoms with Crippen molar-refractivity contribution in [2.45, 2.75) is 77.0 Å². The lowest BCUT2D eigenvalue weighted by Gasteiger charge is -2.15. The Labute approximate surface area is 831 Å². The van der Waals surface area contributed by atoms with Crippen molar-refractivity contribution in [1.82, 2.24) is 0 Å². The lowest BCUT2D eigenvalue weighted by atomic mass is 9.91. The molecule has 0 amide bonds. The van der Waals surface area contributed by atoms with Gasteiger partial charge < -0.3 is 123 Å². The molecule has 24 nitrogen and oxygen atoms in total. The molecule has 0 aromatic heterocycles. The number of phenolic OH excluding ortho intramolecular Hbond substituents is 24. The molecule has 0 unspecified atom stereocenters. The maximum absolute atomic E-state index is 9.78. The van der Waals surface area contributed by atoms with Gasteiger partial charge in [-0.15, -0.1) is 0 Å². The third-order valence-electron chi connectivity index (χ3n) is 24.0. The molecule has 0 saturated carbocycles. The Morgan fingerprint density at radius 1 is 0.118 bits per heavy atom. The maximum Gasteiger partial charge on any atom is 0.123 e. The van der Waals surface area contributed by atoms with Gasteiger partial charge in [0.25, 0.3) is 0 Å². The monoisotopic (exact) mass is 1940 g/mol. The maximum atomic E-state index is 9.78. The van der Waals surface area contributed by atoms with E-state index in [1.807, 2.05) is 53.7 Å². The first kappa shape index (κ1) is 106. The Morgan fingerprint density at radius 3 is 0.368 bits per heavy atom. The van der Waals surface area contributed by atoms with Crippen LogP contribution >= 0.6 is 0 Å². The van der Waals surface area contributed by atoms with Gasteiger partial charge >= 0.3 is 0 Å². The van der Waals surface area contributed by atoms with E-state index in [0.29, 0.717) is 66.8 Å². The van der Waals surface area contributed by atoms with Crippen LogP contribution in [-0.2, 0) is 0 Å². The number of fused-ring (bicyclic) bond motifs is 4. The standard InChI is InChI=1S/6C14H14O4.C14H10.C12H10.C10H8/c6*1-8(11-4-2-9(15)6-13(11)17)12-5-3-10(16)7-14(12)18;1-3-7-13-11(5-1)9-10-12-6-2-4-8-14(12)13;1-3-7-11(8-4-1)12-9-5-2-6-10-12;1-2-6-10-8-4-3-7-9(10)5-1/h6*2-8,15-18H,1H3;1-10H;1-10H;1-8H. The van der Waals surface area contributed by atoms with E-state index in [1.165, 1.54) is 189 Å². The molecule has 0 saturated heterocycles. The minimum absolute atomic E-state index is 0.0154. The summed E-state index contributed by atoms with van der Waals surface area (Å²) >= 11 is 0. The van der Waals surface area contributed by atoms with Gasteiger partial charge in [-0.25, -0.2) is 0 Å². The van der Waals surface area contributed by atoms with Crippen LogP contribution in [0.5, 0.6) is 138 Å². The second kappa shape index (κ2) is 49.4. The Balaban J connectivity index is 0.000000155. The molecule has 0 atom stereocenters. The Hall–Kier alpha value is -18.8. The highest BCUT2D eigenvalue weighted by molar-refractivity contribution is 6.07. The highest BCUT2D eigenvalue weighted by atomic mass is 16.3. The lowest BCUT2D eigenvalue weighted by molar-refractivity contribution is 0.436. The quantitative estimate of drug-likeness (QED) is 0.0477. The zero-order valence-corrected chi connectivity index (χ0v) is 79.1. The second-order valence-corrected chi connectivity index (χ2v) is 33.8. The van der Waals surface area contributed by atoms with E-state index >= 15 is 0 Å². The smallest absolute Gasteiger partial charge is 0.123 e. The van der Waals surface area contributed by atoms with Crippen LogP contribution in [-0.4, -0.2) is 123 Å². The van der Waals surface area contributed by atoms with Gasteiger partial charge in [-0.1, -0.05) is 284 Å².